The Balaban J connectivity index is 1.48. The Morgan fingerprint density at radius 2 is 1.82 bits per heavy atom. The van der Waals surface area contributed by atoms with Crippen LogP contribution in [0, 0.1) is 18.8 Å². The fourth-order valence-electron chi connectivity index (χ4n) is 4.88. The molecule has 9 nitrogen and oxygen atoms in total. The molecule has 4 aromatic heterocycles. The molecule has 2 aromatic carbocycles. The Morgan fingerprint density at radius 3 is 2.60 bits per heavy atom. The maximum absolute atomic E-state index is 14.2. The largest absolute Gasteiger partial charge is 0.344 e. The number of nitrogens with zero attached hydrogens (tertiary/aromatic N) is 6. The molecule has 1 amide bonds. The van der Waals surface area contributed by atoms with Crippen molar-refractivity contribution in [2.24, 2.45) is 7.05 Å². The van der Waals surface area contributed by atoms with Crippen LogP contribution in [-0.2, 0) is 7.05 Å². The van der Waals surface area contributed by atoms with Gasteiger partial charge in [0.2, 0.25) is 0 Å². The first kappa shape index (κ1) is 24.8. The first-order chi connectivity index (χ1) is 19.4. The van der Waals surface area contributed by atoms with E-state index in [1.54, 1.807) is 45.3 Å². The predicted molar refractivity (Wildman–Crippen MR) is 152 cm³/mol. The van der Waals surface area contributed by atoms with Crippen molar-refractivity contribution in [1.29, 1.82) is 0 Å². The molecule has 1 N–H and O–H groups in total. The van der Waals surface area contributed by atoms with Gasteiger partial charge in [0.25, 0.3) is 11.5 Å². The van der Waals surface area contributed by atoms with Crippen molar-refractivity contribution in [2.75, 3.05) is 0 Å². The average Bonchev–Trinajstić information content (AvgIpc) is 3.53. The van der Waals surface area contributed by atoms with Crippen molar-refractivity contribution >= 4 is 22.3 Å². The van der Waals surface area contributed by atoms with Crippen molar-refractivity contribution in [2.45, 2.75) is 19.9 Å². The van der Waals surface area contributed by atoms with Gasteiger partial charge in [-0.25, -0.2) is 9.50 Å². The van der Waals surface area contributed by atoms with E-state index in [1.165, 1.54) is 0 Å². The summed E-state index contributed by atoms with van der Waals surface area (Å²) >= 11 is 0. The van der Waals surface area contributed by atoms with Crippen LogP contribution in [-0.4, -0.2) is 34.9 Å². The lowest BCUT2D eigenvalue weighted by molar-refractivity contribution is 0.0939. The number of carbonyl (C=O) groups is 1. The second-order valence-corrected chi connectivity index (χ2v) is 9.45. The Labute approximate surface area is 229 Å². The van der Waals surface area contributed by atoms with Crippen molar-refractivity contribution < 1.29 is 4.79 Å². The molecule has 4 heterocycles. The monoisotopic (exact) mass is 527 g/mol. The van der Waals surface area contributed by atoms with Crippen LogP contribution in [0.2, 0.25) is 0 Å². The van der Waals surface area contributed by atoms with Crippen LogP contribution in [0.5, 0.6) is 0 Å². The van der Waals surface area contributed by atoms with E-state index >= 15 is 0 Å². The van der Waals surface area contributed by atoms with Crippen LogP contribution >= 0.6 is 0 Å². The number of hydrogen-bond acceptors (Lipinski definition) is 5. The number of benzene rings is 2. The van der Waals surface area contributed by atoms with Gasteiger partial charge in [0.1, 0.15) is 11.3 Å². The molecule has 0 bridgehead atoms. The molecule has 0 aliphatic carbocycles. The van der Waals surface area contributed by atoms with Crippen molar-refractivity contribution in [1.82, 2.24) is 34.3 Å². The van der Waals surface area contributed by atoms with Gasteiger partial charge in [0.15, 0.2) is 5.65 Å². The van der Waals surface area contributed by atoms with Crippen LogP contribution in [0.4, 0.5) is 0 Å². The van der Waals surface area contributed by atoms with E-state index < -0.39 is 6.04 Å². The maximum Gasteiger partial charge on any atom is 0.264 e. The van der Waals surface area contributed by atoms with Gasteiger partial charge in [0.05, 0.1) is 23.3 Å². The standard InChI is InChI=1S/C31H25N7O2/c1-20(34-30(39)27-21(2)35-37-18-8-16-32-29(27)37)26-19-23-10-7-9-22(13-14-24-15-17-33-36(24)3)28(23)31(40)38(26)25-11-5-4-6-12-25/h4-12,15-20H,1-3H3,(H,34,39)/t20-/m0/s1. The van der Waals surface area contributed by atoms with Crippen molar-refractivity contribution in [3.05, 3.63) is 124 Å². The third-order valence-electron chi connectivity index (χ3n) is 6.82. The van der Waals surface area contributed by atoms with Gasteiger partial charge in [0, 0.05) is 36.4 Å². The first-order valence-electron chi connectivity index (χ1n) is 12.8. The third-order valence-corrected chi connectivity index (χ3v) is 6.82. The summed E-state index contributed by atoms with van der Waals surface area (Å²) in [5.41, 5.74) is 3.90. The second-order valence-electron chi connectivity index (χ2n) is 9.45. The Kier molecular flexibility index (Phi) is 6.21. The van der Waals surface area contributed by atoms with Gasteiger partial charge >= 0.3 is 0 Å². The van der Waals surface area contributed by atoms with Gasteiger partial charge in [-0.1, -0.05) is 36.3 Å². The number of rotatable bonds is 4. The van der Waals surface area contributed by atoms with Crippen molar-refractivity contribution in [3.63, 3.8) is 0 Å². The minimum atomic E-state index is -0.521. The van der Waals surface area contributed by atoms with Gasteiger partial charge in [-0.2, -0.15) is 10.2 Å². The average molecular weight is 528 g/mol. The number of para-hydroxylation sites is 1. The van der Waals surface area contributed by atoms with Gasteiger partial charge in [-0.05, 0) is 61.6 Å². The topological polar surface area (TPSA) is 99.1 Å². The highest BCUT2D eigenvalue weighted by molar-refractivity contribution is 6.01. The van der Waals surface area contributed by atoms with E-state index in [0.717, 1.165) is 11.1 Å². The van der Waals surface area contributed by atoms with E-state index in [4.69, 9.17) is 0 Å². The number of carbonyl (C=O) groups excluding carboxylic acids is 1. The summed E-state index contributed by atoms with van der Waals surface area (Å²) in [5, 5.41) is 12.9. The minimum Gasteiger partial charge on any atom is -0.344 e. The summed E-state index contributed by atoms with van der Waals surface area (Å²) < 4.78 is 4.91. The highest BCUT2D eigenvalue weighted by Gasteiger charge is 2.23. The molecule has 0 fully saturated rings. The maximum atomic E-state index is 14.2. The van der Waals surface area contributed by atoms with Crippen LogP contribution < -0.4 is 10.9 Å². The van der Waals surface area contributed by atoms with E-state index in [-0.39, 0.29) is 11.5 Å². The number of hydrogen-bond donors (Lipinski definition) is 1. The Bertz CT molecular complexity index is 2020. The summed E-state index contributed by atoms with van der Waals surface area (Å²) in [6.07, 6.45) is 5.06. The summed E-state index contributed by atoms with van der Waals surface area (Å²) in [6, 6.07) is 20.0. The molecule has 6 aromatic rings. The zero-order valence-corrected chi connectivity index (χ0v) is 22.2. The summed E-state index contributed by atoms with van der Waals surface area (Å²) in [6.45, 7) is 3.64. The lowest BCUT2D eigenvalue weighted by Gasteiger charge is -2.21. The number of pyridine rings is 1. The van der Waals surface area contributed by atoms with Crippen LogP contribution in [0.25, 0.3) is 22.1 Å². The van der Waals surface area contributed by atoms with E-state index in [1.807, 2.05) is 74.6 Å². The molecule has 0 saturated carbocycles. The smallest absolute Gasteiger partial charge is 0.264 e. The number of fused-ring (bicyclic) bond motifs is 2. The lowest BCUT2D eigenvalue weighted by Crippen LogP contribution is -2.32. The molecule has 0 aliphatic heterocycles. The molecule has 40 heavy (non-hydrogen) atoms. The fourth-order valence-corrected chi connectivity index (χ4v) is 4.88. The zero-order chi connectivity index (χ0) is 27.8. The van der Waals surface area contributed by atoms with Crippen molar-refractivity contribution in [3.8, 4) is 17.5 Å². The van der Waals surface area contributed by atoms with E-state index in [9.17, 15) is 9.59 Å². The molecule has 9 heteroatoms. The molecule has 0 saturated heterocycles. The Hall–Kier alpha value is -5.49. The summed E-state index contributed by atoms with van der Waals surface area (Å²) in [4.78, 5) is 32.0. The minimum absolute atomic E-state index is 0.219. The molecular formula is C31H25N7O2. The SMILES string of the molecule is Cc1nn2cccnc2c1C(=O)N[C@@H](C)c1cc2cccc(C#Cc3ccnn3C)c2c(=O)n1-c1ccccc1. The van der Waals surface area contributed by atoms with Gasteiger partial charge in [-0.3, -0.25) is 18.8 Å². The van der Waals surface area contributed by atoms with Crippen LogP contribution in [0.1, 0.15) is 46.0 Å². The predicted octanol–water partition coefficient (Wildman–Crippen LogP) is 3.97. The quantitative estimate of drug-likeness (QED) is 0.350. The first-order valence-corrected chi connectivity index (χ1v) is 12.8. The van der Waals surface area contributed by atoms with E-state index in [2.05, 4.69) is 32.3 Å². The molecule has 0 spiro atoms. The number of nitrogens with one attached hydrogen (secondary N) is 1. The second kappa shape index (κ2) is 10.0. The highest BCUT2D eigenvalue weighted by Crippen LogP contribution is 2.24. The molecule has 6 rings (SSSR count). The Morgan fingerprint density at radius 1 is 1.00 bits per heavy atom. The van der Waals surface area contributed by atoms with Gasteiger partial charge in [-0.15, -0.1) is 0 Å². The lowest BCUT2D eigenvalue weighted by atomic mass is 10.0. The summed E-state index contributed by atoms with van der Waals surface area (Å²) in [7, 11) is 1.82. The fraction of sp³-hybridized carbons (Fsp3) is 0.129. The molecular weight excluding hydrogens is 502 g/mol. The highest BCUT2D eigenvalue weighted by atomic mass is 16.2. The van der Waals surface area contributed by atoms with Gasteiger partial charge < -0.3 is 5.32 Å². The number of aromatic nitrogens is 6. The van der Waals surface area contributed by atoms with E-state index in [0.29, 0.717) is 39.2 Å². The van der Waals surface area contributed by atoms with Crippen LogP contribution in [0.15, 0.2) is 90.1 Å². The molecule has 0 radical (unpaired) electrons. The third kappa shape index (κ3) is 4.31. The molecule has 0 aliphatic rings. The molecule has 1 atom stereocenters. The normalized spacial score (nSPS) is 11.8. The number of amides is 1. The number of aryl methyl sites for hydroxylation is 2. The molecule has 196 valence electrons. The summed E-state index contributed by atoms with van der Waals surface area (Å²) in [5.74, 6) is 5.96. The molecule has 0 unspecified atom stereocenters. The van der Waals surface area contributed by atoms with Crippen LogP contribution in [0.3, 0.4) is 0 Å². The zero-order valence-electron chi connectivity index (χ0n) is 22.2.